The van der Waals surface area contributed by atoms with Crippen molar-refractivity contribution in [2.24, 2.45) is 7.05 Å². The highest BCUT2D eigenvalue weighted by molar-refractivity contribution is 5.45. The standard InChI is InChI=1S/C15H19N3O2/c1-11(16-7-5-13-6-8-17-18(13)2)12-3-4-14-15(9-12)20-10-19-14/h3-4,6,8-9,11,16H,5,7,10H2,1-2H3. The van der Waals surface area contributed by atoms with E-state index >= 15 is 0 Å². The first-order chi connectivity index (χ1) is 9.74. The first-order valence-corrected chi connectivity index (χ1v) is 6.84. The summed E-state index contributed by atoms with van der Waals surface area (Å²) < 4.78 is 12.6. The summed E-state index contributed by atoms with van der Waals surface area (Å²) in [5, 5.41) is 7.69. The maximum Gasteiger partial charge on any atom is 0.231 e. The molecule has 2 aromatic rings. The number of nitrogens with zero attached hydrogens (tertiary/aromatic N) is 2. The van der Waals surface area contributed by atoms with Crippen LogP contribution in [-0.2, 0) is 13.5 Å². The van der Waals surface area contributed by atoms with Crippen LogP contribution in [-0.4, -0.2) is 23.1 Å². The Hall–Kier alpha value is -2.01. The summed E-state index contributed by atoms with van der Waals surface area (Å²) in [6.07, 6.45) is 2.79. The molecular weight excluding hydrogens is 254 g/mol. The Morgan fingerprint density at radius 2 is 2.15 bits per heavy atom. The summed E-state index contributed by atoms with van der Waals surface area (Å²) in [6.45, 7) is 3.39. The van der Waals surface area contributed by atoms with Gasteiger partial charge in [-0.15, -0.1) is 0 Å². The predicted octanol–water partition coefficient (Wildman–Crippen LogP) is 2.04. The van der Waals surface area contributed by atoms with Crippen LogP contribution in [0.25, 0.3) is 0 Å². The minimum Gasteiger partial charge on any atom is -0.454 e. The van der Waals surface area contributed by atoms with Crippen LogP contribution in [0.1, 0.15) is 24.2 Å². The molecule has 0 saturated carbocycles. The van der Waals surface area contributed by atoms with E-state index in [0.717, 1.165) is 24.5 Å². The van der Waals surface area contributed by atoms with Crippen molar-refractivity contribution >= 4 is 0 Å². The van der Waals surface area contributed by atoms with Crippen LogP contribution < -0.4 is 14.8 Å². The van der Waals surface area contributed by atoms with Crippen molar-refractivity contribution in [3.05, 3.63) is 41.7 Å². The maximum absolute atomic E-state index is 5.41. The number of rotatable bonds is 5. The first kappa shape index (κ1) is 13.0. The number of nitrogens with one attached hydrogen (secondary N) is 1. The second-order valence-electron chi connectivity index (χ2n) is 4.98. The van der Waals surface area contributed by atoms with Gasteiger partial charge in [-0.25, -0.2) is 0 Å². The topological polar surface area (TPSA) is 48.3 Å². The molecule has 0 aliphatic carbocycles. The monoisotopic (exact) mass is 273 g/mol. The summed E-state index contributed by atoms with van der Waals surface area (Å²) in [6, 6.07) is 8.42. The SMILES string of the molecule is CC(NCCc1ccnn1C)c1ccc2c(c1)OCO2. The summed E-state index contributed by atoms with van der Waals surface area (Å²) in [5.41, 5.74) is 2.44. The lowest BCUT2D eigenvalue weighted by Gasteiger charge is -2.14. The number of ether oxygens (including phenoxy) is 2. The highest BCUT2D eigenvalue weighted by atomic mass is 16.7. The van der Waals surface area contributed by atoms with Crippen molar-refractivity contribution in [2.45, 2.75) is 19.4 Å². The summed E-state index contributed by atoms with van der Waals surface area (Å²) >= 11 is 0. The van der Waals surface area contributed by atoms with Gasteiger partial charge in [0, 0.05) is 37.9 Å². The van der Waals surface area contributed by atoms with Crippen LogP contribution in [0.15, 0.2) is 30.5 Å². The van der Waals surface area contributed by atoms with E-state index in [4.69, 9.17) is 9.47 Å². The summed E-state index contributed by atoms with van der Waals surface area (Å²) in [7, 11) is 1.97. The zero-order chi connectivity index (χ0) is 13.9. The van der Waals surface area contributed by atoms with Crippen LogP contribution in [0.5, 0.6) is 11.5 Å². The predicted molar refractivity (Wildman–Crippen MR) is 75.9 cm³/mol. The zero-order valence-corrected chi connectivity index (χ0v) is 11.8. The third kappa shape index (κ3) is 2.63. The molecule has 0 fully saturated rings. The Kier molecular flexibility index (Phi) is 3.60. The molecule has 2 heterocycles. The molecule has 5 nitrogen and oxygen atoms in total. The maximum atomic E-state index is 5.41. The lowest BCUT2D eigenvalue weighted by atomic mass is 10.1. The van der Waals surface area contributed by atoms with Crippen molar-refractivity contribution in [1.29, 1.82) is 0 Å². The lowest BCUT2D eigenvalue weighted by Crippen LogP contribution is -2.22. The molecule has 0 amide bonds. The highest BCUT2D eigenvalue weighted by Crippen LogP contribution is 2.34. The molecule has 5 heteroatoms. The van der Waals surface area contributed by atoms with E-state index in [9.17, 15) is 0 Å². The number of hydrogen-bond donors (Lipinski definition) is 1. The number of aromatic nitrogens is 2. The Morgan fingerprint density at radius 3 is 2.95 bits per heavy atom. The van der Waals surface area contributed by atoms with E-state index in [1.54, 1.807) is 0 Å². The van der Waals surface area contributed by atoms with E-state index in [1.807, 2.05) is 36.1 Å². The van der Waals surface area contributed by atoms with Gasteiger partial charge >= 0.3 is 0 Å². The van der Waals surface area contributed by atoms with Gasteiger partial charge in [0.15, 0.2) is 11.5 Å². The van der Waals surface area contributed by atoms with E-state index in [1.165, 1.54) is 11.3 Å². The molecule has 106 valence electrons. The van der Waals surface area contributed by atoms with Gasteiger partial charge in [0.25, 0.3) is 0 Å². The van der Waals surface area contributed by atoms with Crippen molar-refractivity contribution < 1.29 is 9.47 Å². The lowest BCUT2D eigenvalue weighted by molar-refractivity contribution is 0.174. The largest absolute Gasteiger partial charge is 0.454 e. The Morgan fingerprint density at radius 1 is 1.30 bits per heavy atom. The van der Waals surface area contributed by atoms with Gasteiger partial charge in [-0.05, 0) is 30.7 Å². The van der Waals surface area contributed by atoms with Gasteiger partial charge < -0.3 is 14.8 Å². The van der Waals surface area contributed by atoms with Crippen molar-refractivity contribution in [3.8, 4) is 11.5 Å². The van der Waals surface area contributed by atoms with Crippen LogP contribution in [0.3, 0.4) is 0 Å². The number of aryl methyl sites for hydroxylation is 1. The molecule has 0 radical (unpaired) electrons. The average Bonchev–Trinajstić information content (AvgIpc) is 3.07. The van der Waals surface area contributed by atoms with Gasteiger partial charge in [-0.2, -0.15) is 5.10 Å². The van der Waals surface area contributed by atoms with Crippen LogP contribution in [0, 0.1) is 0 Å². The molecule has 0 spiro atoms. The molecule has 20 heavy (non-hydrogen) atoms. The third-order valence-corrected chi connectivity index (χ3v) is 3.65. The molecule has 1 N–H and O–H groups in total. The van der Waals surface area contributed by atoms with Gasteiger partial charge in [-0.3, -0.25) is 4.68 Å². The fourth-order valence-corrected chi connectivity index (χ4v) is 2.36. The normalized spacial score (nSPS) is 14.5. The Bertz CT molecular complexity index is 595. The number of benzene rings is 1. The minimum absolute atomic E-state index is 0.276. The van der Waals surface area contributed by atoms with Gasteiger partial charge in [0.05, 0.1) is 0 Å². The van der Waals surface area contributed by atoms with Crippen LogP contribution in [0.2, 0.25) is 0 Å². The van der Waals surface area contributed by atoms with Crippen molar-refractivity contribution in [3.63, 3.8) is 0 Å². The molecule has 3 rings (SSSR count). The second kappa shape index (κ2) is 5.54. The Balaban J connectivity index is 1.56. The average molecular weight is 273 g/mol. The molecule has 1 aromatic heterocycles. The zero-order valence-electron chi connectivity index (χ0n) is 11.8. The molecular formula is C15H19N3O2. The highest BCUT2D eigenvalue weighted by Gasteiger charge is 2.15. The fourth-order valence-electron chi connectivity index (χ4n) is 2.36. The molecule has 1 atom stereocenters. The first-order valence-electron chi connectivity index (χ1n) is 6.84. The van der Waals surface area contributed by atoms with E-state index < -0.39 is 0 Å². The molecule has 1 aliphatic rings. The number of hydrogen-bond acceptors (Lipinski definition) is 4. The summed E-state index contributed by atoms with van der Waals surface area (Å²) in [4.78, 5) is 0. The molecule has 0 bridgehead atoms. The number of fused-ring (bicyclic) bond motifs is 1. The Labute approximate surface area is 118 Å². The van der Waals surface area contributed by atoms with Gasteiger partial charge in [0.2, 0.25) is 6.79 Å². The second-order valence-corrected chi connectivity index (χ2v) is 4.98. The fraction of sp³-hybridized carbons (Fsp3) is 0.400. The summed E-state index contributed by atoms with van der Waals surface area (Å²) in [5.74, 6) is 1.67. The van der Waals surface area contributed by atoms with Crippen molar-refractivity contribution in [1.82, 2.24) is 15.1 Å². The minimum atomic E-state index is 0.276. The quantitative estimate of drug-likeness (QED) is 0.905. The van der Waals surface area contributed by atoms with E-state index in [-0.39, 0.29) is 6.04 Å². The molecule has 1 aromatic carbocycles. The van der Waals surface area contributed by atoms with E-state index in [0.29, 0.717) is 6.79 Å². The van der Waals surface area contributed by atoms with E-state index in [2.05, 4.69) is 23.4 Å². The van der Waals surface area contributed by atoms with Gasteiger partial charge in [0.1, 0.15) is 0 Å². The molecule has 1 unspecified atom stereocenters. The van der Waals surface area contributed by atoms with Gasteiger partial charge in [-0.1, -0.05) is 6.07 Å². The third-order valence-electron chi connectivity index (χ3n) is 3.65. The van der Waals surface area contributed by atoms with Crippen molar-refractivity contribution in [2.75, 3.05) is 13.3 Å². The smallest absolute Gasteiger partial charge is 0.231 e. The molecule has 1 aliphatic heterocycles. The molecule has 0 saturated heterocycles. The van der Waals surface area contributed by atoms with Crippen LogP contribution >= 0.6 is 0 Å². The van der Waals surface area contributed by atoms with Crippen LogP contribution in [0.4, 0.5) is 0 Å².